The Kier molecular flexibility index (Phi) is 4.93. The first-order chi connectivity index (χ1) is 13.2. The van der Waals surface area contributed by atoms with Crippen molar-refractivity contribution in [1.82, 2.24) is 0 Å². The van der Waals surface area contributed by atoms with E-state index in [1.54, 1.807) is 0 Å². The number of benzene rings is 3. The molecule has 0 saturated carbocycles. The fourth-order valence-electron chi connectivity index (χ4n) is 3.54. The highest BCUT2D eigenvalue weighted by molar-refractivity contribution is 6.07. The summed E-state index contributed by atoms with van der Waals surface area (Å²) in [6.07, 6.45) is 2.02. The molecule has 0 spiro atoms. The number of amides is 1. The van der Waals surface area contributed by atoms with Gasteiger partial charge in [-0.1, -0.05) is 54.1 Å². The summed E-state index contributed by atoms with van der Waals surface area (Å²) in [7, 11) is 0. The van der Waals surface area contributed by atoms with Crippen molar-refractivity contribution in [3.63, 3.8) is 0 Å². The number of fused-ring (bicyclic) bond motifs is 1. The summed E-state index contributed by atoms with van der Waals surface area (Å²) in [5.74, 6) is 0.858. The van der Waals surface area contributed by atoms with Crippen LogP contribution in [0.4, 0.5) is 5.69 Å². The number of hydrogen-bond acceptors (Lipinski definition) is 2. The summed E-state index contributed by atoms with van der Waals surface area (Å²) in [6, 6.07) is 23.9. The molecular formula is C24H23NO2. The van der Waals surface area contributed by atoms with Gasteiger partial charge in [-0.15, -0.1) is 0 Å². The van der Waals surface area contributed by atoms with E-state index < -0.39 is 0 Å². The maximum Gasteiger partial charge on any atom is 0.258 e. The molecule has 0 N–H and O–H groups in total. The van der Waals surface area contributed by atoms with Gasteiger partial charge in [0.05, 0.1) is 0 Å². The second-order valence-electron chi connectivity index (χ2n) is 6.95. The molecule has 0 aliphatic carbocycles. The number of rotatable bonds is 4. The maximum absolute atomic E-state index is 13.3. The van der Waals surface area contributed by atoms with E-state index in [1.807, 2.05) is 78.6 Å². The third kappa shape index (κ3) is 3.72. The molecule has 3 heteroatoms. The van der Waals surface area contributed by atoms with Crippen molar-refractivity contribution in [2.24, 2.45) is 0 Å². The first-order valence-corrected chi connectivity index (χ1v) is 9.39. The standard InChI is InChI=1S/C24H23NO2/c1-18-12-14-21(15-13-18)27-17-20-8-2-4-10-22(20)24(26)25-16-6-9-19-7-3-5-11-23(19)25/h2-5,7-8,10-15H,6,9,16-17H2,1H3. The number of ether oxygens (including phenoxy) is 1. The normalized spacial score (nSPS) is 13.1. The molecule has 1 aliphatic heterocycles. The fraction of sp³-hybridized carbons (Fsp3) is 0.208. The molecule has 0 saturated heterocycles. The zero-order valence-corrected chi connectivity index (χ0v) is 15.5. The number of hydrogen-bond donors (Lipinski definition) is 0. The average Bonchev–Trinajstić information content (AvgIpc) is 2.73. The lowest BCUT2D eigenvalue weighted by Crippen LogP contribution is -2.36. The van der Waals surface area contributed by atoms with Crippen molar-refractivity contribution in [2.45, 2.75) is 26.4 Å². The SMILES string of the molecule is Cc1ccc(OCc2ccccc2C(=O)N2CCCc3ccccc32)cc1. The number of carbonyl (C=O) groups excluding carboxylic acids is 1. The zero-order chi connectivity index (χ0) is 18.6. The van der Waals surface area contributed by atoms with Crippen LogP contribution in [0.3, 0.4) is 0 Å². The van der Waals surface area contributed by atoms with E-state index in [-0.39, 0.29) is 5.91 Å². The van der Waals surface area contributed by atoms with Crippen molar-refractivity contribution in [3.05, 3.63) is 95.1 Å². The maximum atomic E-state index is 13.3. The number of aryl methyl sites for hydroxylation is 2. The van der Waals surface area contributed by atoms with Crippen molar-refractivity contribution in [3.8, 4) is 5.75 Å². The van der Waals surface area contributed by atoms with Crippen LogP contribution >= 0.6 is 0 Å². The Balaban J connectivity index is 1.57. The molecule has 0 radical (unpaired) electrons. The minimum Gasteiger partial charge on any atom is -0.489 e. The van der Waals surface area contributed by atoms with E-state index >= 15 is 0 Å². The predicted molar refractivity (Wildman–Crippen MR) is 108 cm³/mol. The quantitative estimate of drug-likeness (QED) is 0.645. The van der Waals surface area contributed by atoms with Gasteiger partial charge in [-0.3, -0.25) is 4.79 Å². The van der Waals surface area contributed by atoms with Crippen LogP contribution in [0.25, 0.3) is 0 Å². The highest BCUT2D eigenvalue weighted by atomic mass is 16.5. The molecule has 0 fully saturated rings. The summed E-state index contributed by atoms with van der Waals surface area (Å²) in [6.45, 7) is 3.18. The van der Waals surface area contributed by atoms with Crippen molar-refractivity contribution >= 4 is 11.6 Å². The average molecular weight is 357 g/mol. The van der Waals surface area contributed by atoms with Gasteiger partial charge in [0.15, 0.2) is 0 Å². The smallest absolute Gasteiger partial charge is 0.258 e. The molecule has 0 aromatic heterocycles. The molecule has 1 aliphatic rings. The summed E-state index contributed by atoms with van der Waals surface area (Å²) in [4.78, 5) is 15.2. The Hall–Kier alpha value is -3.07. The van der Waals surface area contributed by atoms with Gasteiger partial charge in [0.2, 0.25) is 0 Å². The van der Waals surface area contributed by atoms with Gasteiger partial charge in [0.25, 0.3) is 5.91 Å². The Labute approximate surface area is 160 Å². The second-order valence-corrected chi connectivity index (χ2v) is 6.95. The van der Waals surface area contributed by atoms with E-state index in [2.05, 4.69) is 6.07 Å². The summed E-state index contributed by atoms with van der Waals surface area (Å²) >= 11 is 0. The van der Waals surface area contributed by atoms with Gasteiger partial charge in [-0.2, -0.15) is 0 Å². The van der Waals surface area contributed by atoms with Crippen LogP contribution in [0.15, 0.2) is 72.8 Å². The van der Waals surface area contributed by atoms with E-state index in [4.69, 9.17) is 4.74 Å². The topological polar surface area (TPSA) is 29.5 Å². The third-order valence-corrected chi connectivity index (χ3v) is 5.02. The fourth-order valence-corrected chi connectivity index (χ4v) is 3.54. The Morgan fingerprint density at radius 1 is 0.963 bits per heavy atom. The van der Waals surface area contributed by atoms with Crippen molar-refractivity contribution in [2.75, 3.05) is 11.4 Å². The Bertz CT molecular complexity index is 947. The summed E-state index contributed by atoms with van der Waals surface area (Å²) < 4.78 is 5.92. The minimum absolute atomic E-state index is 0.0465. The van der Waals surface area contributed by atoms with Gasteiger partial charge >= 0.3 is 0 Å². The van der Waals surface area contributed by atoms with Crippen LogP contribution < -0.4 is 9.64 Å². The molecule has 0 bridgehead atoms. The first kappa shape index (κ1) is 17.3. The van der Waals surface area contributed by atoms with E-state index in [0.717, 1.165) is 36.4 Å². The highest BCUT2D eigenvalue weighted by Crippen LogP contribution is 2.29. The molecular weight excluding hydrogens is 334 g/mol. The summed E-state index contributed by atoms with van der Waals surface area (Å²) in [5.41, 5.74) is 5.09. The molecule has 0 unspecified atom stereocenters. The molecule has 1 heterocycles. The highest BCUT2D eigenvalue weighted by Gasteiger charge is 2.24. The largest absolute Gasteiger partial charge is 0.489 e. The lowest BCUT2D eigenvalue weighted by molar-refractivity contribution is 0.0982. The van der Waals surface area contributed by atoms with Gasteiger partial charge < -0.3 is 9.64 Å². The monoisotopic (exact) mass is 357 g/mol. The first-order valence-electron chi connectivity index (χ1n) is 9.39. The molecule has 0 atom stereocenters. The van der Waals surface area contributed by atoms with Gasteiger partial charge in [-0.25, -0.2) is 0 Å². The van der Waals surface area contributed by atoms with Crippen LogP contribution in [0.5, 0.6) is 5.75 Å². The molecule has 3 nitrogen and oxygen atoms in total. The number of para-hydroxylation sites is 1. The second kappa shape index (κ2) is 7.67. The summed E-state index contributed by atoms with van der Waals surface area (Å²) in [5, 5.41) is 0. The van der Waals surface area contributed by atoms with E-state index in [0.29, 0.717) is 12.2 Å². The van der Waals surface area contributed by atoms with Crippen LogP contribution in [0, 0.1) is 6.92 Å². The minimum atomic E-state index is 0.0465. The van der Waals surface area contributed by atoms with Gasteiger partial charge in [0.1, 0.15) is 12.4 Å². The lowest BCUT2D eigenvalue weighted by atomic mass is 9.99. The van der Waals surface area contributed by atoms with Gasteiger partial charge in [0, 0.05) is 23.4 Å². The third-order valence-electron chi connectivity index (χ3n) is 5.02. The molecule has 136 valence electrons. The van der Waals surface area contributed by atoms with Crippen LogP contribution in [0.2, 0.25) is 0 Å². The molecule has 3 aromatic rings. The lowest BCUT2D eigenvalue weighted by Gasteiger charge is -2.30. The molecule has 3 aromatic carbocycles. The van der Waals surface area contributed by atoms with Crippen molar-refractivity contribution in [1.29, 1.82) is 0 Å². The van der Waals surface area contributed by atoms with Gasteiger partial charge in [-0.05, 0) is 49.6 Å². The van der Waals surface area contributed by atoms with Crippen molar-refractivity contribution < 1.29 is 9.53 Å². The number of nitrogens with zero attached hydrogens (tertiary/aromatic N) is 1. The Morgan fingerprint density at radius 2 is 1.70 bits per heavy atom. The predicted octanol–water partition coefficient (Wildman–Crippen LogP) is 5.17. The number of anilines is 1. The van der Waals surface area contributed by atoms with Crippen LogP contribution in [-0.2, 0) is 13.0 Å². The Morgan fingerprint density at radius 3 is 2.56 bits per heavy atom. The molecule has 1 amide bonds. The molecule has 4 rings (SSSR count). The zero-order valence-electron chi connectivity index (χ0n) is 15.5. The molecule has 27 heavy (non-hydrogen) atoms. The van der Waals surface area contributed by atoms with Crippen LogP contribution in [0.1, 0.15) is 33.5 Å². The van der Waals surface area contributed by atoms with E-state index in [9.17, 15) is 4.79 Å². The number of carbonyl (C=O) groups is 1. The van der Waals surface area contributed by atoms with Crippen LogP contribution in [-0.4, -0.2) is 12.5 Å². The van der Waals surface area contributed by atoms with E-state index in [1.165, 1.54) is 11.1 Å².